The van der Waals surface area contributed by atoms with Crippen molar-refractivity contribution in [1.29, 1.82) is 0 Å². The van der Waals surface area contributed by atoms with Gasteiger partial charge in [0.25, 0.3) is 0 Å². The van der Waals surface area contributed by atoms with Gasteiger partial charge in [-0.25, -0.2) is 4.57 Å². The van der Waals surface area contributed by atoms with Gasteiger partial charge >= 0.3 is 19.8 Å². The van der Waals surface area contributed by atoms with Crippen molar-refractivity contribution in [2.45, 2.75) is 187 Å². The lowest BCUT2D eigenvalue weighted by Crippen LogP contribution is -2.37. The van der Waals surface area contributed by atoms with Crippen LogP contribution in [0.25, 0.3) is 0 Å². The van der Waals surface area contributed by atoms with Crippen molar-refractivity contribution in [3.63, 3.8) is 0 Å². The van der Waals surface area contributed by atoms with Crippen LogP contribution >= 0.6 is 7.82 Å². The SMILES string of the molecule is CC/C=C\C/C=C\C/C=C\C/C=C\CCC(=O)OC(COC(=O)CCCCCCCCCCCC/C=C\C/C=C\C/C=C\CCCCCCC)COP(=O)(O)OCC[N+](C)(C)C. The zero-order chi connectivity index (χ0) is 45.7. The number of nitrogens with zero attached hydrogens (tertiary/aromatic N) is 1. The number of carbonyl (C=O) groups excluding carboxylic acids is 2. The van der Waals surface area contributed by atoms with Crippen LogP contribution in [0.15, 0.2) is 85.1 Å². The van der Waals surface area contributed by atoms with E-state index in [1.54, 1.807) is 0 Å². The molecule has 0 aromatic carbocycles. The predicted octanol–water partition coefficient (Wildman–Crippen LogP) is 14.4. The number of allylic oxidation sites excluding steroid dienone is 14. The van der Waals surface area contributed by atoms with E-state index in [2.05, 4.69) is 86.8 Å². The van der Waals surface area contributed by atoms with Gasteiger partial charge in [0.1, 0.15) is 19.8 Å². The maximum atomic E-state index is 12.7. The molecule has 0 saturated carbocycles. The second-order valence-corrected chi connectivity index (χ2v) is 18.6. The molecule has 0 rings (SSSR count). The Morgan fingerprint density at radius 2 is 0.952 bits per heavy atom. The lowest BCUT2D eigenvalue weighted by molar-refractivity contribution is -0.870. The Morgan fingerprint density at radius 1 is 0.516 bits per heavy atom. The summed E-state index contributed by atoms with van der Waals surface area (Å²) in [6.45, 7) is 4.19. The number of hydrogen-bond acceptors (Lipinski definition) is 7. The molecule has 10 heteroatoms. The van der Waals surface area contributed by atoms with Crippen molar-refractivity contribution in [3.05, 3.63) is 85.1 Å². The summed E-state index contributed by atoms with van der Waals surface area (Å²) >= 11 is 0. The highest BCUT2D eigenvalue weighted by molar-refractivity contribution is 7.47. The van der Waals surface area contributed by atoms with E-state index in [0.717, 1.165) is 70.6 Å². The molecule has 0 spiro atoms. The second-order valence-electron chi connectivity index (χ2n) is 17.1. The second kappa shape index (κ2) is 43.4. The molecule has 0 aliphatic carbocycles. The molecule has 0 saturated heterocycles. The summed E-state index contributed by atoms with van der Waals surface area (Å²) in [6.07, 6.45) is 56.6. The van der Waals surface area contributed by atoms with Crippen LogP contribution in [-0.2, 0) is 32.7 Å². The van der Waals surface area contributed by atoms with Crippen LogP contribution in [0.5, 0.6) is 0 Å². The van der Waals surface area contributed by atoms with E-state index in [1.165, 1.54) is 77.0 Å². The summed E-state index contributed by atoms with van der Waals surface area (Å²) in [5.41, 5.74) is 0. The van der Waals surface area contributed by atoms with Crippen LogP contribution in [0.2, 0.25) is 0 Å². The molecule has 2 unspecified atom stereocenters. The van der Waals surface area contributed by atoms with Gasteiger partial charge in [0, 0.05) is 12.8 Å². The van der Waals surface area contributed by atoms with E-state index in [1.807, 2.05) is 33.3 Å². The number of ether oxygens (including phenoxy) is 2. The first kappa shape index (κ1) is 59.2. The van der Waals surface area contributed by atoms with E-state index in [9.17, 15) is 19.0 Å². The number of quaternary nitrogens is 1. The Bertz CT molecular complexity index is 1330. The number of unbranched alkanes of at least 4 members (excludes halogenated alkanes) is 15. The quantitative estimate of drug-likeness (QED) is 0.0212. The molecule has 9 nitrogen and oxygen atoms in total. The minimum atomic E-state index is -4.40. The fourth-order valence-corrected chi connectivity index (χ4v) is 6.89. The maximum absolute atomic E-state index is 12.7. The Labute approximate surface area is 380 Å². The predicted molar refractivity (Wildman–Crippen MR) is 261 cm³/mol. The van der Waals surface area contributed by atoms with Gasteiger partial charge in [-0.3, -0.25) is 18.6 Å². The van der Waals surface area contributed by atoms with Crippen LogP contribution in [0.3, 0.4) is 0 Å². The number of likely N-dealkylation sites (N-methyl/N-ethyl adjacent to an activating group) is 1. The lowest BCUT2D eigenvalue weighted by Gasteiger charge is -2.24. The Balaban J connectivity index is 4.28. The van der Waals surface area contributed by atoms with Crippen LogP contribution in [0, 0.1) is 0 Å². The van der Waals surface area contributed by atoms with Gasteiger partial charge in [0.2, 0.25) is 0 Å². The summed E-state index contributed by atoms with van der Waals surface area (Å²) < 4.78 is 34.2. The molecule has 0 bridgehead atoms. The molecule has 356 valence electrons. The van der Waals surface area contributed by atoms with E-state index in [4.69, 9.17) is 18.5 Å². The largest absolute Gasteiger partial charge is 0.472 e. The normalized spacial score (nSPS) is 14.2. The molecular weight excluding hydrogens is 798 g/mol. The minimum Gasteiger partial charge on any atom is -0.462 e. The Morgan fingerprint density at radius 3 is 1.44 bits per heavy atom. The molecule has 1 N–H and O–H groups in total. The zero-order valence-electron chi connectivity index (χ0n) is 40.1. The van der Waals surface area contributed by atoms with Crippen molar-refractivity contribution in [2.75, 3.05) is 47.5 Å². The molecule has 0 heterocycles. The summed E-state index contributed by atoms with van der Waals surface area (Å²) in [7, 11) is 1.42. The van der Waals surface area contributed by atoms with Crippen LogP contribution < -0.4 is 0 Å². The Hall–Kier alpha value is -2.81. The third-order valence-electron chi connectivity index (χ3n) is 9.92. The molecule has 0 radical (unpaired) electrons. The summed E-state index contributed by atoms with van der Waals surface area (Å²) in [4.78, 5) is 35.4. The third kappa shape index (κ3) is 46.7. The average molecular weight is 889 g/mol. The molecule has 0 aromatic rings. The molecule has 62 heavy (non-hydrogen) atoms. The first-order chi connectivity index (χ1) is 30.0. The minimum absolute atomic E-state index is 0.0143. The van der Waals surface area contributed by atoms with E-state index in [0.29, 0.717) is 17.4 Å². The van der Waals surface area contributed by atoms with Gasteiger partial charge in [0.05, 0.1) is 27.7 Å². The highest BCUT2D eigenvalue weighted by Gasteiger charge is 2.27. The number of rotatable bonds is 43. The van der Waals surface area contributed by atoms with Crippen molar-refractivity contribution < 1.29 is 42.1 Å². The first-order valence-corrected chi connectivity index (χ1v) is 25.8. The lowest BCUT2D eigenvalue weighted by atomic mass is 10.1. The first-order valence-electron chi connectivity index (χ1n) is 24.3. The summed E-state index contributed by atoms with van der Waals surface area (Å²) in [5.74, 6) is -0.903. The number of hydrogen-bond donors (Lipinski definition) is 1. The number of phosphoric acid groups is 1. The summed E-state index contributed by atoms with van der Waals surface area (Å²) in [6, 6.07) is 0. The number of phosphoric ester groups is 1. The standard InChI is InChI=1S/C52H90NO8P/c1-6-8-10-12-14-16-18-20-21-22-23-24-25-26-27-28-29-30-31-33-34-36-38-40-42-44-51(54)58-48-50(49-60-62(56,57)59-47-46-53(3,4)5)61-52(55)45-43-41-39-37-35-32-19-17-15-13-11-9-7-2/h9,11,15,17-18,20,22-23,25-26,32,35,39,41,50H,6-8,10,12-14,16,19,21,24,27-31,33-34,36-38,40,42-49H2,1-5H3/p+1/b11-9-,17-15-,20-18-,23-22-,26-25-,35-32-,41-39-. The van der Waals surface area contributed by atoms with Gasteiger partial charge in [-0.1, -0.05) is 176 Å². The van der Waals surface area contributed by atoms with Crippen molar-refractivity contribution >= 4 is 19.8 Å². The molecule has 0 fully saturated rings. The molecular formula is C52H91NO8P+. The highest BCUT2D eigenvalue weighted by atomic mass is 31.2. The zero-order valence-corrected chi connectivity index (χ0v) is 41.0. The molecule has 0 aliphatic heterocycles. The molecule has 0 aliphatic rings. The van der Waals surface area contributed by atoms with Crippen LogP contribution in [0.4, 0.5) is 0 Å². The van der Waals surface area contributed by atoms with Crippen LogP contribution in [0.1, 0.15) is 181 Å². The smallest absolute Gasteiger partial charge is 0.462 e. The van der Waals surface area contributed by atoms with E-state index < -0.39 is 32.5 Å². The molecule has 0 aromatic heterocycles. The Kier molecular flexibility index (Phi) is 41.5. The fraction of sp³-hybridized carbons (Fsp3) is 0.692. The highest BCUT2D eigenvalue weighted by Crippen LogP contribution is 2.43. The third-order valence-corrected chi connectivity index (χ3v) is 10.9. The van der Waals surface area contributed by atoms with E-state index in [-0.39, 0.29) is 26.1 Å². The van der Waals surface area contributed by atoms with Crippen LogP contribution in [-0.4, -0.2) is 74.9 Å². The monoisotopic (exact) mass is 889 g/mol. The average Bonchev–Trinajstić information content (AvgIpc) is 3.23. The summed E-state index contributed by atoms with van der Waals surface area (Å²) in [5, 5.41) is 0. The number of esters is 2. The fourth-order valence-electron chi connectivity index (χ4n) is 6.15. The van der Waals surface area contributed by atoms with Gasteiger partial charge in [-0.05, 0) is 77.0 Å². The van der Waals surface area contributed by atoms with Gasteiger partial charge in [0.15, 0.2) is 6.10 Å². The van der Waals surface area contributed by atoms with Gasteiger partial charge in [-0.15, -0.1) is 0 Å². The molecule has 0 amide bonds. The number of carbonyl (C=O) groups is 2. The van der Waals surface area contributed by atoms with Gasteiger partial charge < -0.3 is 18.9 Å². The topological polar surface area (TPSA) is 108 Å². The molecule has 2 atom stereocenters. The maximum Gasteiger partial charge on any atom is 0.472 e. The van der Waals surface area contributed by atoms with Gasteiger partial charge in [-0.2, -0.15) is 0 Å². The van der Waals surface area contributed by atoms with Crippen molar-refractivity contribution in [1.82, 2.24) is 0 Å². The van der Waals surface area contributed by atoms with Crippen molar-refractivity contribution in [2.24, 2.45) is 0 Å². The van der Waals surface area contributed by atoms with E-state index >= 15 is 0 Å². The van der Waals surface area contributed by atoms with Crippen molar-refractivity contribution in [3.8, 4) is 0 Å².